The standard InChI is InChI=1S/C18H27FN6S/c1-2-20-18(21-10-3-4-12-25-14-23-24-15-25)22-11-5-13-26-17-8-6-16(19)7-9-17/h6-9,14-15H,2-5,10-13H2,1H3,(H2,20,21,22). The van der Waals surface area contributed by atoms with Gasteiger partial charge in [0.05, 0.1) is 0 Å². The van der Waals surface area contributed by atoms with E-state index in [0.29, 0.717) is 0 Å². The summed E-state index contributed by atoms with van der Waals surface area (Å²) in [4.78, 5) is 5.69. The van der Waals surface area contributed by atoms with E-state index in [0.717, 1.165) is 62.0 Å². The van der Waals surface area contributed by atoms with E-state index in [4.69, 9.17) is 0 Å². The summed E-state index contributed by atoms with van der Waals surface area (Å²) in [5.41, 5.74) is 0. The maximum Gasteiger partial charge on any atom is 0.191 e. The molecule has 1 aromatic heterocycles. The summed E-state index contributed by atoms with van der Waals surface area (Å²) in [6.45, 7) is 5.50. The number of aliphatic imine (C=N–C) groups is 1. The summed E-state index contributed by atoms with van der Waals surface area (Å²) in [7, 11) is 0. The first kappa shape index (κ1) is 20.2. The Labute approximate surface area is 158 Å². The van der Waals surface area contributed by atoms with Crippen LogP contribution in [-0.2, 0) is 6.54 Å². The number of aryl methyl sites for hydroxylation is 1. The number of benzene rings is 1. The van der Waals surface area contributed by atoms with Gasteiger partial charge < -0.3 is 15.2 Å². The molecule has 2 rings (SSSR count). The van der Waals surface area contributed by atoms with Crippen molar-refractivity contribution in [3.8, 4) is 0 Å². The molecule has 8 heteroatoms. The van der Waals surface area contributed by atoms with Gasteiger partial charge in [-0.05, 0) is 56.2 Å². The first-order valence-corrected chi connectivity index (χ1v) is 9.99. The second kappa shape index (κ2) is 12.3. The molecule has 1 aromatic carbocycles. The van der Waals surface area contributed by atoms with Crippen LogP contribution in [0.4, 0.5) is 4.39 Å². The van der Waals surface area contributed by atoms with Gasteiger partial charge in [0.1, 0.15) is 18.5 Å². The number of nitrogens with one attached hydrogen (secondary N) is 2. The van der Waals surface area contributed by atoms with Gasteiger partial charge in [-0.3, -0.25) is 4.99 Å². The molecule has 26 heavy (non-hydrogen) atoms. The largest absolute Gasteiger partial charge is 0.357 e. The first-order chi connectivity index (χ1) is 12.8. The monoisotopic (exact) mass is 378 g/mol. The lowest BCUT2D eigenvalue weighted by Crippen LogP contribution is -2.38. The fraction of sp³-hybridized carbons (Fsp3) is 0.500. The molecule has 6 nitrogen and oxygen atoms in total. The fourth-order valence-corrected chi connectivity index (χ4v) is 3.12. The van der Waals surface area contributed by atoms with Crippen LogP contribution >= 0.6 is 11.8 Å². The normalized spacial score (nSPS) is 11.5. The molecule has 0 bridgehead atoms. The Morgan fingerprint density at radius 1 is 1.12 bits per heavy atom. The van der Waals surface area contributed by atoms with E-state index in [-0.39, 0.29) is 5.82 Å². The smallest absolute Gasteiger partial charge is 0.191 e. The van der Waals surface area contributed by atoms with Crippen molar-refractivity contribution < 1.29 is 4.39 Å². The van der Waals surface area contributed by atoms with Gasteiger partial charge in [0.25, 0.3) is 0 Å². The van der Waals surface area contributed by atoms with Gasteiger partial charge in [-0.2, -0.15) is 0 Å². The third-order valence-electron chi connectivity index (χ3n) is 3.60. The van der Waals surface area contributed by atoms with E-state index < -0.39 is 0 Å². The van der Waals surface area contributed by atoms with Crippen molar-refractivity contribution in [1.29, 1.82) is 0 Å². The quantitative estimate of drug-likeness (QED) is 0.272. The van der Waals surface area contributed by atoms with Crippen molar-refractivity contribution >= 4 is 17.7 Å². The maximum absolute atomic E-state index is 12.9. The average Bonchev–Trinajstić information content (AvgIpc) is 3.16. The highest BCUT2D eigenvalue weighted by atomic mass is 32.2. The maximum atomic E-state index is 12.9. The van der Waals surface area contributed by atoms with Gasteiger partial charge in [0, 0.05) is 31.1 Å². The lowest BCUT2D eigenvalue weighted by molar-refractivity contribution is 0.597. The zero-order valence-electron chi connectivity index (χ0n) is 15.2. The number of halogens is 1. The highest BCUT2D eigenvalue weighted by molar-refractivity contribution is 7.99. The molecule has 0 atom stereocenters. The Kier molecular flexibility index (Phi) is 9.56. The molecule has 0 radical (unpaired) electrons. The second-order valence-electron chi connectivity index (χ2n) is 5.75. The van der Waals surface area contributed by atoms with E-state index >= 15 is 0 Å². The predicted octanol–water partition coefficient (Wildman–Crippen LogP) is 2.93. The number of hydrogen-bond acceptors (Lipinski definition) is 4. The molecule has 0 unspecified atom stereocenters. The molecule has 142 valence electrons. The Hall–Kier alpha value is -2.09. The molecule has 2 aromatic rings. The summed E-state index contributed by atoms with van der Waals surface area (Å²) in [6.07, 6.45) is 6.58. The van der Waals surface area contributed by atoms with Gasteiger partial charge >= 0.3 is 0 Å². The van der Waals surface area contributed by atoms with Crippen LogP contribution in [0.15, 0.2) is 46.8 Å². The number of aromatic nitrogens is 3. The van der Waals surface area contributed by atoms with E-state index in [1.165, 1.54) is 12.1 Å². The van der Waals surface area contributed by atoms with Crippen LogP contribution < -0.4 is 10.6 Å². The van der Waals surface area contributed by atoms with Crippen LogP contribution in [0.2, 0.25) is 0 Å². The molecule has 0 saturated heterocycles. The van der Waals surface area contributed by atoms with E-state index in [2.05, 4.69) is 32.7 Å². The molecule has 1 heterocycles. The van der Waals surface area contributed by atoms with Crippen LogP contribution in [0.1, 0.15) is 26.2 Å². The summed E-state index contributed by atoms with van der Waals surface area (Å²) >= 11 is 1.73. The van der Waals surface area contributed by atoms with Gasteiger partial charge in [-0.15, -0.1) is 22.0 Å². The SMILES string of the molecule is CCNC(=NCCCSc1ccc(F)cc1)NCCCCn1cnnc1. The van der Waals surface area contributed by atoms with Crippen LogP contribution in [0.3, 0.4) is 0 Å². The van der Waals surface area contributed by atoms with Crippen molar-refractivity contribution in [3.63, 3.8) is 0 Å². The average molecular weight is 379 g/mol. The minimum Gasteiger partial charge on any atom is -0.357 e. The van der Waals surface area contributed by atoms with E-state index in [1.807, 2.05) is 16.7 Å². The number of guanidine groups is 1. The highest BCUT2D eigenvalue weighted by Crippen LogP contribution is 2.18. The summed E-state index contributed by atoms with van der Waals surface area (Å²) < 4.78 is 14.8. The van der Waals surface area contributed by atoms with Crippen molar-refractivity contribution in [3.05, 3.63) is 42.7 Å². The third kappa shape index (κ3) is 8.33. The van der Waals surface area contributed by atoms with E-state index in [9.17, 15) is 4.39 Å². The Morgan fingerprint density at radius 3 is 2.62 bits per heavy atom. The lowest BCUT2D eigenvalue weighted by atomic mass is 10.3. The molecule has 0 aliphatic carbocycles. The zero-order chi connectivity index (χ0) is 18.5. The summed E-state index contributed by atoms with van der Waals surface area (Å²) in [5.74, 6) is 1.64. The Balaban J connectivity index is 1.58. The van der Waals surface area contributed by atoms with Crippen molar-refractivity contribution in [2.24, 2.45) is 4.99 Å². The highest BCUT2D eigenvalue weighted by Gasteiger charge is 1.98. The Bertz CT molecular complexity index is 630. The van der Waals surface area contributed by atoms with Crippen LogP contribution in [0, 0.1) is 5.82 Å². The van der Waals surface area contributed by atoms with E-state index in [1.54, 1.807) is 24.4 Å². The minimum absolute atomic E-state index is 0.193. The number of rotatable bonds is 11. The molecule has 0 aliphatic rings. The predicted molar refractivity (Wildman–Crippen MR) is 105 cm³/mol. The summed E-state index contributed by atoms with van der Waals surface area (Å²) in [6, 6.07) is 6.62. The van der Waals surface area contributed by atoms with Gasteiger partial charge in [0.2, 0.25) is 0 Å². The van der Waals surface area contributed by atoms with Crippen LogP contribution in [0.5, 0.6) is 0 Å². The molecule has 0 saturated carbocycles. The first-order valence-electron chi connectivity index (χ1n) is 9.01. The molecule has 2 N–H and O–H groups in total. The number of unbranched alkanes of at least 4 members (excludes halogenated alkanes) is 1. The zero-order valence-corrected chi connectivity index (χ0v) is 16.0. The topological polar surface area (TPSA) is 67.1 Å². The lowest BCUT2D eigenvalue weighted by Gasteiger charge is -2.11. The third-order valence-corrected chi connectivity index (χ3v) is 4.70. The number of hydrogen-bond donors (Lipinski definition) is 2. The number of thioether (sulfide) groups is 1. The molecule has 0 spiro atoms. The fourth-order valence-electron chi connectivity index (χ4n) is 2.28. The number of nitrogens with zero attached hydrogens (tertiary/aromatic N) is 4. The molecular weight excluding hydrogens is 351 g/mol. The van der Waals surface area contributed by atoms with Crippen molar-refractivity contribution in [2.75, 3.05) is 25.4 Å². The van der Waals surface area contributed by atoms with Gasteiger partial charge in [-0.1, -0.05) is 0 Å². The van der Waals surface area contributed by atoms with Crippen LogP contribution in [-0.4, -0.2) is 46.1 Å². The molecule has 0 aliphatic heterocycles. The second-order valence-corrected chi connectivity index (χ2v) is 6.92. The van der Waals surface area contributed by atoms with Gasteiger partial charge in [0.15, 0.2) is 5.96 Å². The summed E-state index contributed by atoms with van der Waals surface area (Å²) in [5, 5.41) is 14.2. The minimum atomic E-state index is -0.193. The van der Waals surface area contributed by atoms with Crippen LogP contribution in [0.25, 0.3) is 0 Å². The Morgan fingerprint density at radius 2 is 1.88 bits per heavy atom. The molecular formula is C18H27FN6S. The molecule has 0 amide bonds. The van der Waals surface area contributed by atoms with Gasteiger partial charge in [-0.25, -0.2) is 4.39 Å². The molecule has 0 fully saturated rings. The van der Waals surface area contributed by atoms with Crippen molar-refractivity contribution in [2.45, 2.75) is 37.6 Å². The van der Waals surface area contributed by atoms with Crippen molar-refractivity contribution in [1.82, 2.24) is 25.4 Å².